The van der Waals surface area contributed by atoms with Crippen LogP contribution in [0.2, 0.25) is 0 Å². The standard InChI is InChI=1S/C22H25N5O2/c1-13-5-10-18(14(2)11-13)26-21(28)19-15(3)25-22-23-12-24-27(22)20(19)16-6-8-17(29-4)9-7-16/h5-12,15,19-20H,1-4H3,(H,26,28)(H,23,24,25)/t15-,19-,20+/m0/s1. The second-order valence-electron chi connectivity index (χ2n) is 7.51. The first-order chi connectivity index (χ1) is 14.0. The van der Waals surface area contributed by atoms with Crippen LogP contribution in [0.1, 0.15) is 29.7 Å². The van der Waals surface area contributed by atoms with Gasteiger partial charge in [0.25, 0.3) is 0 Å². The third-order valence-electron chi connectivity index (χ3n) is 5.47. The Morgan fingerprint density at radius 1 is 1.17 bits per heavy atom. The maximum absolute atomic E-state index is 13.4. The maximum atomic E-state index is 13.4. The van der Waals surface area contributed by atoms with E-state index in [2.05, 4.69) is 26.8 Å². The number of benzene rings is 2. The molecule has 7 nitrogen and oxygen atoms in total. The second-order valence-corrected chi connectivity index (χ2v) is 7.51. The highest BCUT2D eigenvalue weighted by Crippen LogP contribution is 2.37. The van der Waals surface area contributed by atoms with Crippen LogP contribution in [0.5, 0.6) is 5.75 Å². The monoisotopic (exact) mass is 391 g/mol. The number of carbonyl (C=O) groups excluding carboxylic acids is 1. The quantitative estimate of drug-likeness (QED) is 0.711. The topological polar surface area (TPSA) is 81.1 Å². The number of amides is 1. The molecule has 2 heterocycles. The number of ether oxygens (including phenoxy) is 1. The van der Waals surface area contributed by atoms with Crippen LogP contribution in [0.15, 0.2) is 48.8 Å². The molecule has 0 unspecified atom stereocenters. The molecule has 1 aliphatic rings. The minimum absolute atomic E-state index is 0.0566. The van der Waals surface area contributed by atoms with Crippen LogP contribution in [-0.4, -0.2) is 33.8 Å². The highest BCUT2D eigenvalue weighted by molar-refractivity contribution is 5.94. The Morgan fingerprint density at radius 3 is 2.62 bits per heavy atom. The van der Waals surface area contributed by atoms with Gasteiger partial charge < -0.3 is 15.4 Å². The lowest BCUT2D eigenvalue weighted by atomic mass is 9.85. The minimum atomic E-state index is -0.377. The van der Waals surface area contributed by atoms with Crippen molar-refractivity contribution < 1.29 is 9.53 Å². The van der Waals surface area contributed by atoms with Crippen LogP contribution in [0, 0.1) is 19.8 Å². The minimum Gasteiger partial charge on any atom is -0.497 e. The van der Waals surface area contributed by atoms with E-state index in [4.69, 9.17) is 4.74 Å². The summed E-state index contributed by atoms with van der Waals surface area (Å²) in [6.45, 7) is 6.04. The zero-order valence-electron chi connectivity index (χ0n) is 17.0. The Morgan fingerprint density at radius 2 is 1.93 bits per heavy atom. The zero-order chi connectivity index (χ0) is 20.5. The molecule has 7 heteroatoms. The third kappa shape index (κ3) is 3.55. The van der Waals surface area contributed by atoms with E-state index in [-0.39, 0.29) is 23.9 Å². The largest absolute Gasteiger partial charge is 0.497 e. The lowest BCUT2D eigenvalue weighted by Crippen LogP contribution is -2.46. The molecule has 0 spiro atoms. The second kappa shape index (κ2) is 7.58. The average Bonchev–Trinajstić information content (AvgIpc) is 3.17. The molecule has 0 bridgehead atoms. The molecule has 0 radical (unpaired) electrons. The van der Waals surface area contributed by atoms with Crippen LogP contribution in [-0.2, 0) is 4.79 Å². The summed E-state index contributed by atoms with van der Waals surface area (Å²) in [5.41, 5.74) is 4.01. The van der Waals surface area contributed by atoms with Crippen molar-refractivity contribution in [2.24, 2.45) is 5.92 Å². The molecule has 150 valence electrons. The average molecular weight is 391 g/mol. The van der Waals surface area contributed by atoms with Gasteiger partial charge in [-0.3, -0.25) is 4.79 Å². The Hall–Kier alpha value is -3.35. The Labute approximate surface area is 170 Å². The molecular weight excluding hydrogens is 366 g/mol. The summed E-state index contributed by atoms with van der Waals surface area (Å²) in [6.07, 6.45) is 1.51. The number of aryl methyl sites for hydroxylation is 2. The van der Waals surface area contributed by atoms with Crippen LogP contribution in [0.4, 0.5) is 11.6 Å². The molecule has 0 saturated heterocycles. The molecule has 0 aliphatic carbocycles. The molecule has 0 saturated carbocycles. The van der Waals surface area contributed by atoms with Crippen LogP contribution in [0.25, 0.3) is 0 Å². The van der Waals surface area contributed by atoms with E-state index in [9.17, 15) is 4.79 Å². The fraction of sp³-hybridized carbons (Fsp3) is 0.318. The van der Waals surface area contributed by atoms with Crippen molar-refractivity contribution in [2.45, 2.75) is 32.9 Å². The van der Waals surface area contributed by atoms with E-state index in [1.807, 2.05) is 57.2 Å². The number of aromatic nitrogens is 3. The number of methoxy groups -OCH3 is 1. The number of carbonyl (C=O) groups is 1. The number of anilines is 2. The van der Waals surface area contributed by atoms with Gasteiger partial charge in [-0.25, -0.2) is 4.68 Å². The first-order valence-electron chi connectivity index (χ1n) is 9.66. The molecule has 2 N–H and O–H groups in total. The van der Waals surface area contributed by atoms with E-state index < -0.39 is 0 Å². The molecule has 29 heavy (non-hydrogen) atoms. The summed E-state index contributed by atoms with van der Waals surface area (Å²) < 4.78 is 7.07. The van der Waals surface area contributed by atoms with Crippen molar-refractivity contribution in [3.63, 3.8) is 0 Å². The normalized spacial score (nSPS) is 20.5. The highest BCUT2D eigenvalue weighted by Gasteiger charge is 2.41. The highest BCUT2D eigenvalue weighted by atomic mass is 16.5. The van der Waals surface area contributed by atoms with Gasteiger partial charge in [0.15, 0.2) is 0 Å². The van der Waals surface area contributed by atoms with E-state index in [1.54, 1.807) is 11.8 Å². The van der Waals surface area contributed by atoms with Crippen molar-refractivity contribution in [1.82, 2.24) is 14.8 Å². The summed E-state index contributed by atoms with van der Waals surface area (Å²) in [4.78, 5) is 17.7. The Kier molecular flexibility index (Phi) is 4.96. The Balaban J connectivity index is 1.71. The van der Waals surface area contributed by atoms with Crippen molar-refractivity contribution in [2.75, 3.05) is 17.7 Å². The van der Waals surface area contributed by atoms with Gasteiger partial charge in [0.2, 0.25) is 11.9 Å². The predicted molar refractivity (Wildman–Crippen MR) is 112 cm³/mol. The maximum Gasteiger partial charge on any atom is 0.232 e. The number of hydrogen-bond donors (Lipinski definition) is 2. The van der Waals surface area contributed by atoms with Gasteiger partial charge in [-0.1, -0.05) is 29.8 Å². The van der Waals surface area contributed by atoms with E-state index >= 15 is 0 Å². The van der Waals surface area contributed by atoms with Crippen LogP contribution >= 0.6 is 0 Å². The number of fused-ring (bicyclic) bond motifs is 1. The van der Waals surface area contributed by atoms with E-state index in [0.29, 0.717) is 5.95 Å². The number of nitrogens with zero attached hydrogens (tertiary/aromatic N) is 3. The first-order valence-corrected chi connectivity index (χ1v) is 9.66. The van der Waals surface area contributed by atoms with Crippen LogP contribution in [0.3, 0.4) is 0 Å². The van der Waals surface area contributed by atoms with Gasteiger partial charge in [-0.05, 0) is 50.1 Å². The van der Waals surface area contributed by atoms with Gasteiger partial charge in [0.05, 0.1) is 19.1 Å². The van der Waals surface area contributed by atoms with Crippen molar-refractivity contribution >= 4 is 17.5 Å². The van der Waals surface area contributed by atoms with Crippen molar-refractivity contribution in [3.8, 4) is 5.75 Å². The molecular formula is C22H25N5O2. The molecule has 2 aromatic carbocycles. The molecule has 1 amide bonds. The molecule has 0 fully saturated rings. The van der Waals surface area contributed by atoms with E-state index in [1.165, 1.54) is 6.33 Å². The molecule has 3 aromatic rings. The summed E-state index contributed by atoms with van der Waals surface area (Å²) >= 11 is 0. The lowest BCUT2D eigenvalue weighted by Gasteiger charge is -2.37. The van der Waals surface area contributed by atoms with Gasteiger partial charge in [-0.15, -0.1) is 0 Å². The molecule has 4 rings (SSSR count). The summed E-state index contributed by atoms with van der Waals surface area (Å²) in [7, 11) is 1.64. The molecule has 1 aromatic heterocycles. The lowest BCUT2D eigenvalue weighted by molar-refractivity contribution is -0.121. The van der Waals surface area contributed by atoms with Crippen molar-refractivity contribution in [3.05, 3.63) is 65.5 Å². The van der Waals surface area contributed by atoms with Crippen molar-refractivity contribution in [1.29, 1.82) is 0 Å². The van der Waals surface area contributed by atoms with Crippen LogP contribution < -0.4 is 15.4 Å². The van der Waals surface area contributed by atoms with Gasteiger partial charge in [-0.2, -0.15) is 10.1 Å². The summed E-state index contributed by atoms with van der Waals surface area (Å²) in [5.74, 6) is 0.997. The van der Waals surface area contributed by atoms with Gasteiger partial charge >= 0.3 is 0 Å². The third-order valence-corrected chi connectivity index (χ3v) is 5.47. The zero-order valence-corrected chi connectivity index (χ0v) is 17.0. The predicted octanol–water partition coefficient (Wildman–Crippen LogP) is 3.56. The fourth-order valence-electron chi connectivity index (χ4n) is 3.97. The van der Waals surface area contributed by atoms with Gasteiger partial charge in [0.1, 0.15) is 12.1 Å². The first kappa shape index (κ1) is 19.0. The smallest absolute Gasteiger partial charge is 0.232 e. The number of rotatable bonds is 4. The summed E-state index contributed by atoms with van der Waals surface area (Å²) in [6, 6.07) is 13.4. The number of hydrogen-bond acceptors (Lipinski definition) is 5. The van der Waals surface area contributed by atoms with Gasteiger partial charge in [0, 0.05) is 11.7 Å². The molecule has 1 aliphatic heterocycles. The number of nitrogens with one attached hydrogen (secondary N) is 2. The Bertz CT molecular complexity index is 1030. The summed E-state index contributed by atoms with van der Waals surface area (Å²) in [5, 5.41) is 10.8. The SMILES string of the molecule is COc1ccc([C@@H]2[C@@H](C(=O)Nc3ccc(C)cc3C)[C@H](C)Nc3ncnn32)cc1. The fourth-order valence-corrected chi connectivity index (χ4v) is 3.97. The van der Waals surface area contributed by atoms with E-state index in [0.717, 1.165) is 28.1 Å². The molecule has 3 atom stereocenters.